The molecule has 2 saturated heterocycles. The Morgan fingerprint density at radius 2 is 1.82 bits per heavy atom. The molecule has 2 heterocycles. The van der Waals surface area contributed by atoms with Crippen molar-refractivity contribution in [1.29, 1.82) is 0 Å². The van der Waals surface area contributed by atoms with Crippen LogP contribution < -0.4 is 10.6 Å². The minimum Gasteiger partial charge on any atom is -0.379 e. The molecular formula is C23H38ClN3O. The summed E-state index contributed by atoms with van der Waals surface area (Å²) in [6, 6.07) is 10.5. The summed E-state index contributed by atoms with van der Waals surface area (Å²) >= 11 is 0. The van der Waals surface area contributed by atoms with Crippen molar-refractivity contribution in [3.63, 3.8) is 0 Å². The Hall–Kier alpha value is -0.650. The third kappa shape index (κ3) is 5.93. The van der Waals surface area contributed by atoms with Crippen LogP contribution in [0.3, 0.4) is 0 Å². The molecule has 158 valence electrons. The highest BCUT2D eigenvalue weighted by Gasteiger charge is 2.34. The molecule has 1 aromatic rings. The Labute approximate surface area is 177 Å². The molecule has 2 aliphatic heterocycles. The lowest BCUT2D eigenvalue weighted by Gasteiger charge is -2.33. The van der Waals surface area contributed by atoms with Gasteiger partial charge in [0, 0.05) is 31.7 Å². The average Bonchev–Trinajstić information content (AvgIpc) is 3.19. The quantitative estimate of drug-likeness (QED) is 0.755. The Morgan fingerprint density at radius 1 is 1.07 bits per heavy atom. The van der Waals surface area contributed by atoms with E-state index in [1.54, 1.807) is 0 Å². The smallest absolute Gasteiger partial charge is 0.0623 e. The Balaban J connectivity index is 0.00000225. The summed E-state index contributed by atoms with van der Waals surface area (Å²) in [7, 11) is 0. The first-order chi connectivity index (χ1) is 13.3. The number of nitrogens with one attached hydrogen (secondary N) is 2. The van der Waals surface area contributed by atoms with Gasteiger partial charge < -0.3 is 15.4 Å². The minimum absolute atomic E-state index is 0. The van der Waals surface area contributed by atoms with E-state index in [1.165, 1.54) is 56.3 Å². The maximum absolute atomic E-state index is 5.69. The number of hydrogen-bond donors (Lipinski definition) is 2. The maximum atomic E-state index is 5.69. The van der Waals surface area contributed by atoms with Crippen molar-refractivity contribution in [1.82, 2.24) is 15.5 Å². The van der Waals surface area contributed by atoms with E-state index in [9.17, 15) is 0 Å². The lowest BCUT2D eigenvalue weighted by molar-refractivity contribution is 0.0524. The van der Waals surface area contributed by atoms with Gasteiger partial charge in [0.25, 0.3) is 0 Å². The molecule has 3 atom stereocenters. The number of benzene rings is 1. The van der Waals surface area contributed by atoms with Crippen LogP contribution in [0.25, 0.3) is 0 Å². The van der Waals surface area contributed by atoms with Crippen molar-refractivity contribution in [2.45, 2.75) is 64.2 Å². The highest BCUT2D eigenvalue weighted by atomic mass is 35.5. The van der Waals surface area contributed by atoms with Crippen molar-refractivity contribution in [3.8, 4) is 0 Å². The molecule has 4 nitrogen and oxygen atoms in total. The van der Waals surface area contributed by atoms with Gasteiger partial charge in [0.15, 0.2) is 0 Å². The minimum atomic E-state index is 0. The first kappa shape index (κ1) is 22.0. The van der Waals surface area contributed by atoms with Crippen molar-refractivity contribution in [3.05, 3.63) is 35.4 Å². The second kappa shape index (κ2) is 10.9. The van der Waals surface area contributed by atoms with Gasteiger partial charge in [0.1, 0.15) is 0 Å². The molecule has 0 spiro atoms. The zero-order valence-corrected chi connectivity index (χ0v) is 18.2. The van der Waals surface area contributed by atoms with Gasteiger partial charge in [0.2, 0.25) is 0 Å². The average molecular weight is 408 g/mol. The van der Waals surface area contributed by atoms with Crippen molar-refractivity contribution in [2.75, 3.05) is 32.8 Å². The summed E-state index contributed by atoms with van der Waals surface area (Å²) in [5.41, 5.74) is 2.86. The molecule has 4 rings (SSSR count). The zero-order valence-electron chi connectivity index (χ0n) is 17.4. The van der Waals surface area contributed by atoms with Crippen LogP contribution in [0.5, 0.6) is 0 Å². The number of halogens is 1. The number of morpholine rings is 1. The third-order valence-corrected chi connectivity index (χ3v) is 6.91. The fraction of sp³-hybridized carbons (Fsp3) is 0.739. The van der Waals surface area contributed by atoms with E-state index in [0.717, 1.165) is 38.8 Å². The van der Waals surface area contributed by atoms with Crippen molar-refractivity contribution < 1.29 is 4.74 Å². The van der Waals surface area contributed by atoms with Crippen molar-refractivity contribution >= 4 is 12.4 Å². The van der Waals surface area contributed by atoms with Gasteiger partial charge in [-0.2, -0.15) is 0 Å². The molecule has 3 aliphatic rings. The van der Waals surface area contributed by atoms with Gasteiger partial charge in [-0.1, -0.05) is 37.6 Å². The number of likely N-dealkylation sites (tertiary alicyclic amines) is 1. The second-order valence-electron chi connectivity index (χ2n) is 8.99. The van der Waals surface area contributed by atoms with Crippen LogP contribution in [0.15, 0.2) is 24.3 Å². The number of ether oxygens (including phenoxy) is 1. The van der Waals surface area contributed by atoms with Gasteiger partial charge in [-0.15, -0.1) is 12.4 Å². The van der Waals surface area contributed by atoms with Gasteiger partial charge in [-0.25, -0.2) is 0 Å². The Kier molecular flexibility index (Phi) is 8.61. The van der Waals surface area contributed by atoms with E-state index in [2.05, 4.69) is 46.7 Å². The maximum Gasteiger partial charge on any atom is 0.0623 e. The molecule has 0 amide bonds. The number of piperidine rings is 1. The first-order valence-corrected chi connectivity index (χ1v) is 11.1. The lowest BCUT2D eigenvalue weighted by atomic mass is 9.94. The number of nitrogens with zero attached hydrogens (tertiary/aromatic N) is 1. The van der Waals surface area contributed by atoms with E-state index in [4.69, 9.17) is 4.74 Å². The van der Waals surface area contributed by atoms with Gasteiger partial charge in [0.05, 0.1) is 13.2 Å². The highest BCUT2D eigenvalue weighted by Crippen LogP contribution is 2.29. The molecule has 0 aromatic heterocycles. The van der Waals surface area contributed by atoms with Crippen molar-refractivity contribution in [2.24, 2.45) is 11.8 Å². The van der Waals surface area contributed by atoms with E-state index >= 15 is 0 Å². The molecule has 2 N–H and O–H groups in total. The van der Waals surface area contributed by atoms with E-state index in [0.29, 0.717) is 18.0 Å². The van der Waals surface area contributed by atoms with Gasteiger partial charge in [-0.3, -0.25) is 4.90 Å². The first-order valence-electron chi connectivity index (χ1n) is 11.1. The molecule has 1 saturated carbocycles. The Morgan fingerprint density at radius 3 is 2.54 bits per heavy atom. The summed E-state index contributed by atoms with van der Waals surface area (Å²) in [4.78, 5) is 2.61. The van der Waals surface area contributed by atoms with E-state index in [-0.39, 0.29) is 12.4 Å². The lowest BCUT2D eigenvalue weighted by Crippen LogP contribution is -2.50. The fourth-order valence-electron chi connectivity index (χ4n) is 5.07. The third-order valence-electron chi connectivity index (χ3n) is 6.91. The molecular weight excluding hydrogens is 370 g/mol. The summed E-state index contributed by atoms with van der Waals surface area (Å²) in [6.07, 6.45) is 6.67. The van der Waals surface area contributed by atoms with E-state index in [1.807, 2.05) is 0 Å². The molecule has 3 fully saturated rings. The van der Waals surface area contributed by atoms with Crippen LogP contribution in [0, 0.1) is 11.8 Å². The fourth-order valence-corrected chi connectivity index (χ4v) is 5.07. The zero-order chi connectivity index (χ0) is 18.5. The molecule has 28 heavy (non-hydrogen) atoms. The summed E-state index contributed by atoms with van der Waals surface area (Å²) < 4.78 is 5.69. The molecule has 3 unspecified atom stereocenters. The van der Waals surface area contributed by atoms with Crippen LogP contribution in [0.2, 0.25) is 0 Å². The highest BCUT2D eigenvalue weighted by molar-refractivity contribution is 5.85. The molecule has 1 aromatic carbocycles. The van der Waals surface area contributed by atoms with Gasteiger partial charge >= 0.3 is 0 Å². The number of rotatable bonds is 6. The number of hydrogen-bond acceptors (Lipinski definition) is 4. The topological polar surface area (TPSA) is 36.5 Å². The van der Waals surface area contributed by atoms with Crippen LogP contribution in [-0.2, 0) is 17.8 Å². The van der Waals surface area contributed by atoms with Crippen LogP contribution >= 0.6 is 12.4 Å². The molecule has 5 heteroatoms. The largest absolute Gasteiger partial charge is 0.379 e. The molecule has 0 bridgehead atoms. The normalized spacial score (nSPS) is 29.5. The van der Waals surface area contributed by atoms with E-state index < -0.39 is 0 Å². The summed E-state index contributed by atoms with van der Waals surface area (Å²) in [6.45, 7) is 9.74. The van der Waals surface area contributed by atoms with Gasteiger partial charge in [-0.05, 0) is 61.7 Å². The second-order valence-corrected chi connectivity index (χ2v) is 8.99. The molecule has 0 radical (unpaired) electrons. The Bertz CT molecular complexity index is 568. The predicted molar refractivity (Wildman–Crippen MR) is 118 cm³/mol. The summed E-state index contributed by atoms with van der Waals surface area (Å²) in [5.74, 6) is 1.62. The SMILES string of the molecule is CC1CCN(Cc2ccc(CNC3CCCC3C3COCCN3)cc2)CC1.Cl. The standard InChI is InChI=1S/C23H37N3O.ClH/c1-18-9-12-26(13-10-18)16-20-7-5-19(6-8-20)15-25-22-4-2-3-21(22)23-17-27-14-11-24-23;/h5-8,18,21-25H,2-4,9-17H2,1H3;1H. The van der Waals surface area contributed by atoms with Crippen LogP contribution in [0.4, 0.5) is 0 Å². The monoisotopic (exact) mass is 407 g/mol. The van der Waals surface area contributed by atoms with Crippen LogP contribution in [-0.4, -0.2) is 49.8 Å². The summed E-state index contributed by atoms with van der Waals surface area (Å²) in [5, 5.41) is 7.51. The predicted octanol–water partition coefficient (Wildman–Crippen LogP) is 3.59. The van der Waals surface area contributed by atoms with Crippen LogP contribution in [0.1, 0.15) is 50.2 Å². The molecule has 1 aliphatic carbocycles.